The van der Waals surface area contributed by atoms with Gasteiger partial charge in [0.05, 0.1) is 19.3 Å². The zero-order chi connectivity index (χ0) is 23.1. The Morgan fingerprint density at radius 3 is 2.38 bits per heavy atom. The largest absolute Gasteiger partial charge is 0.494 e. The van der Waals surface area contributed by atoms with Crippen molar-refractivity contribution in [2.45, 2.75) is 33.4 Å². The van der Waals surface area contributed by atoms with E-state index >= 15 is 0 Å². The molecule has 8 heteroatoms. The first-order chi connectivity index (χ1) is 15.4. The molecule has 0 saturated heterocycles. The molecule has 1 aromatic heterocycles. The smallest absolute Gasteiger partial charge is 0.251 e. The summed E-state index contributed by atoms with van der Waals surface area (Å²) in [6, 6.07) is 15.8. The second-order valence-corrected chi connectivity index (χ2v) is 8.56. The number of hydrogen-bond donors (Lipinski definition) is 2. The van der Waals surface area contributed by atoms with Crippen molar-refractivity contribution in [2.75, 3.05) is 11.9 Å². The Balaban J connectivity index is 1.67. The maximum absolute atomic E-state index is 13.0. The number of carbonyl (C=O) groups is 2. The van der Waals surface area contributed by atoms with Crippen molar-refractivity contribution in [3.8, 4) is 5.75 Å². The van der Waals surface area contributed by atoms with E-state index in [-0.39, 0.29) is 17.7 Å². The zero-order valence-corrected chi connectivity index (χ0v) is 19.9. The Kier molecular flexibility index (Phi) is 8.05. The fourth-order valence-corrected chi connectivity index (χ4v) is 3.42. The minimum atomic E-state index is -0.704. The lowest BCUT2D eigenvalue weighted by atomic mass is 10.0. The highest BCUT2D eigenvalue weighted by Gasteiger charge is 2.25. The first-order valence-electron chi connectivity index (χ1n) is 10.5. The fourth-order valence-electron chi connectivity index (χ4n) is 3.16. The van der Waals surface area contributed by atoms with Crippen LogP contribution in [0.3, 0.4) is 0 Å². The fraction of sp³-hybridized carbons (Fsp3) is 0.292. The quantitative estimate of drug-likeness (QED) is 0.455. The Bertz CT molecular complexity index is 1050. The van der Waals surface area contributed by atoms with E-state index in [0.29, 0.717) is 30.3 Å². The molecule has 3 aromatic rings. The number of benzene rings is 2. The van der Waals surface area contributed by atoms with Gasteiger partial charge in [-0.25, -0.2) is 4.68 Å². The molecule has 2 aromatic carbocycles. The summed E-state index contributed by atoms with van der Waals surface area (Å²) in [5.74, 6) is 0.548. The molecule has 2 amide bonds. The molecule has 1 atom stereocenters. The molecule has 0 saturated carbocycles. The molecule has 3 rings (SSSR count). The van der Waals surface area contributed by atoms with Crippen LogP contribution in [0, 0.1) is 5.92 Å². The number of nitrogens with one attached hydrogen (secondary N) is 2. The third kappa shape index (κ3) is 6.20. The van der Waals surface area contributed by atoms with Gasteiger partial charge < -0.3 is 15.4 Å². The third-order valence-corrected chi connectivity index (χ3v) is 5.41. The van der Waals surface area contributed by atoms with E-state index in [1.807, 2.05) is 45.0 Å². The molecule has 0 aliphatic rings. The summed E-state index contributed by atoms with van der Waals surface area (Å²) in [6.07, 6.45) is 1.64. The second-order valence-electron chi connectivity index (χ2n) is 7.64. The molecule has 0 aliphatic heterocycles. The van der Waals surface area contributed by atoms with E-state index in [9.17, 15) is 9.59 Å². The Labute approximate surface area is 196 Å². The number of nitrogens with zero attached hydrogens (tertiary/aromatic N) is 2. The topological polar surface area (TPSA) is 85.2 Å². The van der Waals surface area contributed by atoms with E-state index in [4.69, 9.17) is 4.74 Å². The van der Waals surface area contributed by atoms with E-state index in [1.165, 1.54) is 0 Å². The molecule has 0 aliphatic carbocycles. The minimum Gasteiger partial charge on any atom is -0.494 e. The van der Waals surface area contributed by atoms with Crippen molar-refractivity contribution >= 4 is 33.6 Å². The summed E-state index contributed by atoms with van der Waals surface area (Å²) in [6.45, 7) is 6.75. The molecule has 32 heavy (non-hydrogen) atoms. The first kappa shape index (κ1) is 23.5. The van der Waals surface area contributed by atoms with Crippen molar-refractivity contribution in [3.05, 3.63) is 76.4 Å². The SMILES string of the molecule is CCOc1ccc(C(=O)N[C@H](C(=O)Nc2ccnn2Cc2ccc(Br)cc2)C(C)C)cc1. The molecule has 7 nitrogen and oxygen atoms in total. The summed E-state index contributed by atoms with van der Waals surface area (Å²) in [5, 5.41) is 10.1. The maximum Gasteiger partial charge on any atom is 0.251 e. The van der Waals surface area contributed by atoms with Gasteiger partial charge in [0.15, 0.2) is 0 Å². The summed E-state index contributed by atoms with van der Waals surface area (Å²) >= 11 is 3.43. The second kappa shape index (κ2) is 10.9. The predicted molar refractivity (Wildman–Crippen MR) is 128 cm³/mol. The molecule has 0 spiro atoms. The summed E-state index contributed by atoms with van der Waals surface area (Å²) in [4.78, 5) is 25.7. The highest BCUT2D eigenvalue weighted by molar-refractivity contribution is 9.10. The van der Waals surface area contributed by atoms with Gasteiger partial charge in [-0.2, -0.15) is 5.10 Å². The van der Waals surface area contributed by atoms with E-state index < -0.39 is 6.04 Å². The van der Waals surface area contributed by atoms with Crippen molar-refractivity contribution in [2.24, 2.45) is 5.92 Å². The van der Waals surface area contributed by atoms with Crippen LogP contribution in [-0.4, -0.2) is 34.2 Å². The summed E-state index contributed by atoms with van der Waals surface area (Å²) in [5.41, 5.74) is 1.52. The number of anilines is 1. The van der Waals surface area contributed by atoms with Crippen molar-refractivity contribution < 1.29 is 14.3 Å². The molecule has 2 N–H and O–H groups in total. The van der Waals surface area contributed by atoms with Crippen LogP contribution in [0.15, 0.2) is 65.3 Å². The molecule has 168 valence electrons. The maximum atomic E-state index is 13.0. The predicted octanol–water partition coefficient (Wildman–Crippen LogP) is 4.49. The zero-order valence-electron chi connectivity index (χ0n) is 18.3. The van der Waals surface area contributed by atoms with Crippen LogP contribution in [0.5, 0.6) is 5.75 Å². The lowest BCUT2D eigenvalue weighted by Gasteiger charge is -2.22. The van der Waals surface area contributed by atoms with Crippen LogP contribution in [-0.2, 0) is 11.3 Å². The van der Waals surface area contributed by atoms with Crippen LogP contribution in [0.2, 0.25) is 0 Å². The highest BCUT2D eigenvalue weighted by atomic mass is 79.9. The first-order valence-corrected chi connectivity index (χ1v) is 11.3. The van der Waals surface area contributed by atoms with E-state index in [2.05, 4.69) is 31.7 Å². The van der Waals surface area contributed by atoms with Gasteiger partial charge in [-0.05, 0) is 54.8 Å². The lowest BCUT2D eigenvalue weighted by molar-refractivity contribution is -0.118. The number of carbonyl (C=O) groups excluding carboxylic acids is 2. The average molecular weight is 499 g/mol. The van der Waals surface area contributed by atoms with Crippen molar-refractivity contribution in [1.82, 2.24) is 15.1 Å². The van der Waals surface area contributed by atoms with Gasteiger partial charge >= 0.3 is 0 Å². The normalized spacial score (nSPS) is 11.8. The number of amides is 2. The van der Waals surface area contributed by atoms with Gasteiger partial charge in [-0.1, -0.05) is 41.9 Å². The minimum absolute atomic E-state index is 0.107. The van der Waals surface area contributed by atoms with Gasteiger partial charge in [0, 0.05) is 16.1 Å². The molecular weight excluding hydrogens is 472 g/mol. The summed E-state index contributed by atoms with van der Waals surface area (Å²) in [7, 11) is 0. The van der Waals surface area contributed by atoms with Crippen molar-refractivity contribution in [1.29, 1.82) is 0 Å². The van der Waals surface area contributed by atoms with E-state index in [0.717, 1.165) is 10.0 Å². The Morgan fingerprint density at radius 2 is 1.75 bits per heavy atom. The molecule has 0 bridgehead atoms. The lowest BCUT2D eigenvalue weighted by Crippen LogP contribution is -2.47. The number of rotatable bonds is 9. The van der Waals surface area contributed by atoms with Gasteiger partial charge in [0.2, 0.25) is 5.91 Å². The van der Waals surface area contributed by atoms with Gasteiger partial charge in [-0.3, -0.25) is 9.59 Å². The Hall–Kier alpha value is -3.13. The monoisotopic (exact) mass is 498 g/mol. The summed E-state index contributed by atoms with van der Waals surface area (Å²) < 4.78 is 8.12. The van der Waals surface area contributed by atoms with Crippen LogP contribution < -0.4 is 15.4 Å². The molecule has 0 radical (unpaired) electrons. The number of ether oxygens (including phenoxy) is 1. The highest BCUT2D eigenvalue weighted by Crippen LogP contribution is 2.16. The van der Waals surface area contributed by atoms with E-state index in [1.54, 1.807) is 41.2 Å². The molecular formula is C24H27BrN4O3. The van der Waals surface area contributed by atoms with Crippen LogP contribution in [0.4, 0.5) is 5.82 Å². The van der Waals surface area contributed by atoms with Crippen LogP contribution in [0.1, 0.15) is 36.7 Å². The number of hydrogen-bond acceptors (Lipinski definition) is 4. The Morgan fingerprint density at radius 1 is 1.06 bits per heavy atom. The van der Waals surface area contributed by atoms with Crippen LogP contribution >= 0.6 is 15.9 Å². The van der Waals surface area contributed by atoms with Crippen molar-refractivity contribution in [3.63, 3.8) is 0 Å². The van der Waals surface area contributed by atoms with Gasteiger partial charge in [0.25, 0.3) is 5.91 Å². The molecule has 1 heterocycles. The average Bonchev–Trinajstić information content (AvgIpc) is 3.20. The number of halogens is 1. The third-order valence-electron chi connectivity index (χ3n) is 4.88. The van der Waals surface area contributed by atoms with Gasteiger partial charge in [-0.15, -0.1) is 0 Å². The standard InChI is InChI=1S/C24H27BrN4O3/c1-4-32-20-11-7-18(8-12-20)23(30)28-22(16(2)3)24(31)27-21-13-14-26-29(21)15-17-5-9-19(25)10-6-17/h5-14,16,22H,4,15H2,1-3H3,(H,27,31)(H,28,30)/t22-/m0/s1. The molecule has 0 unspecified atom stereocenters. The molecule has 0 fully saturated rings. The van der Waals surface area contributed by atoms with Crippen LogP contribution in [0.25, 0.3) is 0 Å². The number of aromatic nitrogens is 2. The van der Waals surface area contributed by atoms with Gasteiger partial charge in [0.1, 0.15) is 17.6 Å².